The van der Waals surface area contributed by atoms with Crippen LogP contribution in [-0.2, 0) is 16.1 Å². The van der Waals surface area contributed by atoms with Gasteiger partial charge in [0, 0.05) is 51.7 Å². The molecule has 0 bridgehead atoms. The maximum Gasteiger partial charge on any atom is 0.291 e. The summed E-state index contributed by atoms with van der Waals surface area (Å²) in [6, 6.07) is 3.46. The van der Waals surface area contributed by atoms with E-state index in [1.165, 1.54) is 11.6 Å². The predicted molar refractivity (Wildman–Crippen MR) is 92.7 cm³/mol. The van der Waals surface area contributed by atoms with Gasteiger partial charge in [0.05, 0.1) is 18.3 Å². The molecule has 136 valence electrons. The van der Waals surface area contributed by atoms with Gasteiger partial charge in [-0.1, -0.05) is 0 Å². The first-order valence-electron chi connectivity index (χ1n) is 8.52. The average molecular weight is 357 g/mol. The van der Waals surface area contributed by atoms with Crippen LogP contribution in [0, 0.1) is 0 Å². The largest absolute Gasteiger partial charge is 0.463 e. The first kappa shape index (κ1) is 16.4. The Morgan fingerprint density at radius 3 is 2.62 bits per heavy atom. The molecule has 0 radical (unpaired) electrons. The summed E-state index contributed by atoms with van der Waals surface area (Å²) in [5.41, 5.74) is 1.63. The van der Waals surface area contributed by atoms with Gasteiger partial charge in [-0.25, -0.2) is 4.68 Å². The molecular formula is C17H19N5O4. The lowest BCUT2D eigenvalue weighted by molar-refractivity contribution is -0.138. The Balaban J connectivity index is 1.44. The molecule has 1 saturated heterocycles. The number of hydrogen-bond acceptors (Lipinski definition) is 5. The second-order valence-corrected chi connectivity index (χ2v) is 6.37. The number of piperazine rings is 1. The van der Waals surface area contributed by atoms with Crippen molar-refractivity contribution in [2.24, 2.45) is 0 Å². The third-order valence-corrected chi connectivity index (χ3v) is 4.84. The summed E-state index contributed by atoms with van der Waals surface area (Å²) in [7, 11) is 0. The molecule has 3 aromatic rings. The SMILES string of the molecule is CC(=O)N1CCN(C(=O)CCn2ncn3c(cc4occc43)c2=O)CC1. The van der Waals surface area contributed by atoms with Crippen molar-refractivity contribution < 1.29 is 14.0 Å². The fourth-order valence-electron chi connectivity index (χ4n) is 3.32. The third-order valence-electron chi connectivity index (χ3n) is 4.84. The van der Waals surface area contributed by atoms with Gasteiger partial charge in [0.15, 0.2) is 5.58 Å². The molecular weight excluding hydrogens is 338 g/mol. The highest BCUT2D eigenvalue weighted by atomic mass is 16.3. The van der Waals surface area contributed by atoms with Gasteiger partial charge in [0.25, 0.3) is 5.56 Å². The minimum Gasteiger partial charge on any atom is -0.463 e. The van der Waals surface area contributed by atoms with Gasteiger partial charge in [0.1, 0.15) is 11.8 Å². The van der Waals surface area contributed by atoms with Crippen molar-refractivity contribution >= 4 is 28.4 Å². The number of fused-ring (bicyclic) bond motifs is 3. The zero-order chi connectivity index (χ0) is 18.3. The number of rotatable bonds is 3. The number of nitrogens with zero attached hydrogens (tertiary/aromatic N) is 5. The predicted octanol–water partition coefficient (Wildman–Crippen LogP) is 0.323. The molecule has 26 heavy (non-hydrogen) atoms. The smallest absolute Gasteiger partial charge is 0.291 e. The molecule has 9 nitrogen and oxygen atoms in total. The van der Waals surface area contributed by atoms with Crippen molar-refractivity contribution in [2.45, 2.75) is 19.9 Å². The lowest BCUT2D eigenvalue weighted by atomic mass is 10.2. The summed E-state index contributed by atoms with van der Waals surface area (Å²) >= 11 is 0. The van der Waals surface area contributed by atoms with Gasteiger partial charge >= 0.3 is 0 Å². The Morgan fingerprint density at radius 1 is 1.15 bits per heavy atom. The summed E-state index contributed by atoms with van der Waals surface area (Å²) in [5, 5.41) is 4.16. The van der Waals surface area contributed by atoms with E-state index in [0.29, 0.717) is 37.3 Å². The molecule has 0 aromatic carbocycles. The Bertz CT molecular complexity index is 1040. The number of aryl methyl sites for hydroxylation is 1. The number of carbonyl (C=O) groups is 2. The second kappa shape index (κ2) is 6.32. The van der Waals surface area contributed by atoms with Gasteiger partial charge in [-0.15, -0.1) is 0 Å². The van der Waals surface area contributed by atoms with E-state index in [1.807, 2.05) is 0 Å². The lowest BCUT2D eigenvalue weighted by Crippen LogP contribution is -2.50. The molecule has 0 aliphatic carbocycles. The standard InChI is InChI=1S/C17H19N5O4/c1-12(23)19-5-7-20(8-6-19)16(24)2-4-22-17(25)14-10-15-13(3-9-26-15)21(14)11-18-22/h3,9-11H,2,4-8H2,1H3. The van der Waals surface area contributed by atoms with Crippen LogP contribution in [0.25, 0.3) is 16.6 Å². The molecule has 1 fully saturated rings. The maximum atomic E-state index is 12.6. The fraction of sp³-hybridized carbons (Fsp3) is 0.412. The Hall–Kier alpha value is -3.10. The van der Waals surface area contributed by atoms with Crippen LogP contribution in [0.2, 0.25) is 0 Å². The van der Waals surface area contributed by atoms with E-state index in [9.17, 15) is 14.4 Å². The summed E-state index contributed by atoms with van der Waals surface area (Å²) in [6.07, 6.45) is 3.32. The van der Waals surface area contributed by atoms with Crippen LogP contribution in [0.4, 0.5) is 0 Å². The van der Waals surface area contributed by atoms with Crippen molar-refractivity contribution in [1.82, 2.24) is 24.0 Å². The Labute approximate surface area is 148 Å². The molecule has 0 atom stereocenters. The third kappa shape index (κ3) is 2.75. The molecule has 0 saturated carbocycles. The first-order chi connectivity index (χ1) is 12.5. The minimum absolute atomic E-state index is 0.0269. The molecule has 1 aliphatic heterocycles. The van der Waals surface area contributed by atoms with E-state index in [0.717, 1.165) is 5.52 Å². The van der Waals surface area contributed by atoms with Crippen molar-refractivity contribution in [3.8, 4) is 0 Å². The average Bonchev–Trinajstić information content (AvgIpc) is 3.23. The summed E-state index contributed by atoms with van der Waals surface area (Å²) in [5.74, 6) is -0.00927. The highest BCUT2D eigenvalue weighted by Gasteiger charge is 2.22. The van der Waals surface area contributed by atoms with Crippen molar-refractivity contribution in [3.05, 3.63) is 35.1 Å². The molecule has 4 heterocycles. The van der Waals surface area contributed by atoms with E-state index in [2.05, 4.69) is 5.10 Å². The normalized spacial score (nSPS) is 15.1. The zero-order valence-electron chi connectivity index (χ0n) is 14.4. The zero-order valence-corrected chi connectivity index (χ0v) is 14.4. The van der Waals surface area contributed by atoms with Crippen LogP contribution in [0.3, 0.4) is 0 Å². The van der Waals surface area contributed by atoms with Crippen LogP contribution in [0.1, 0.15) is 13.3 Å². The van der Waals surface area contributed by atoms with Crippen molar-refractivity contribution in [2.75, 3.05) is 26.2 Å². The maximum absolute atomic E-state index is 12.6. The van der Waals surface area contributed by atoms with Gasteiger partial charge in [-0.3, -0.25) is 18.8 Å². The van der Waals surface area contributed by atoms with Gasteiger partial charge in [-0.05, 0) is 0 Å². The lowest BCUT2D eigenvalue weighted by Gasteiger charge is -2.34. The number of aromatic nitrogens is 3. The number of carbonyl (C=O) groups excluding carboxylic acids is 2. The number of furan rings is 1. The molecule has 0 unspecified atom stereocenters. The quantitative estimate of drug-likeness (QED) is 0.673. The number of amides is 2. The van der Waals surface area contributed by atoms with E-state index in [4.69, 9.17) is 4.42 Å². The molecule has 2 amide bonds. The first-order valence-corrected chi connectivity index (χ1v) is 8.52. The van der Waals surface area contributed by atoms with Crippen LogP contribution in [0.15, 0.2) is 33.9 Å². The topological polar surface area (TPSA) is 93.1 Å². The van der Waals surface area contributed by atoms with E-state index >= 15 is 0 Å². The van der Waals surface area contributed by atoms with Crippen molar-refractivity contribution in [1.29, 1.82) is 0 Å². The van der Waals surface area contributed by atoms with Gasteiger partial charge < -0.3 is 14.2 Å². The Morgan fingerprint density at radius 2 is 1.88 bits per heavy atom. The number of hydrogen-bond donors (Lipinski definition) is 0. The molecule has 4 rings (SSSR count). The molecule has 0 spiro atoms. The highest BCUT2D eigenvalue weighted by molar-refractivity contribution is 5.82. The second-order valence-electron chi connectivity index (χ2n) is 6.37. The van der Waals surface area contributed by atoms with Crippen LogP contribution >= 0.6 is 0 Å². The van der Waals surface area contributed by atoms with E-state index < -0.39 is 0 Å². The summed E-state index contributed by atoms with van der Waals surface area (Å²) < 4.78 is 8.30. The van der Waals surface area contributed by atoms with Gasteiger partial charge in [-0.2, -0.15) is 5.10 Å². The highest BCUT2D eigenvalue weighted by Crippen LogP contribution is 2.18. The van der Waals surface area contributed by atoms with E-state index in [-0.39, 0.29) is 30.3 Å². The monoisotopic (exact) mass is 357 g/mol. The van der Waals surface area contributed by atoms with Crippen LogP contribution in [0.5, 0.6) is 0 Å². The fourth-order valence-corrected chi connectivity index (χ4v) is 3.32. The van der Waals surface area contributed by atoms with Gasteiger partial charge in [0.2, 0.25) is 11.8 Å². The summed E-state index contributed by atoms with van der Waals surface area (Å²) in [6.45, 7) is 3.89. The summed E-state index contributed by atoms with van der Waals surface area (Å²) in [4.78, 5) is 39.8. The molecule has 3 aromatic heterocycles. The van der Waals surface area contributed by atoms with E-state index in [1.54, 1.807) is 38.9 Å². The van der Waals surface area contributed by atoms with Crippen LogP contribution in [-0.4, -0.2) is 62.0 Å². The van der Waals surface area contributed by atoms with Crippen LogP contribution < -0.4 is 5.56 Å². The molecule has 1 aliphatic rings. The molecule has 9 heteroatoms. The molecule has 0 N–H and O–H groups in total. The Kier molecular flexibility index (Phi) is 3.98. The minimum atomic E-state index is -0.256. The van der Waals surface area contributed by atoms with Crippen molar-refractivity contribution in [3.63, 3.8) is 0 Å².